The van der Waals surface area contributed by atoms with Crippen LogP contribution in [0.1, 0.15) is 45.8 Å². The van der Waals surface area contributed by atoms with Gasteiger partial charge in [-0.15, -0.1) is 11.3 Å². The predicted octanol–water partition coefficient (Wildman–Crippen LogP) is 1.40. The van der Waals surface area contributed by atoms with Crippen LogP contribution in [-0.4, -0.2) is 35.1 Å². The van der Waals surface area contributed by atoms with E-state index in [2.05, 4.69) is 10.3 Å². The molecule has 2 heterocycles. The molecule has 1 aromatic rings. The largest absolute Gasteiger partial charge is 0.396 e. The maximum atomic E-state index is 11.6. The van der Waals surface area contributed by atoms with Crippen molar-refractivity contribution in [1.29, 1.82) is 0 Å². The number of aliphatic hydroxyl groups is 1. The minimum Gasteiger partial charge on any atom is -0.396 e. The number of nitrogen functional groups attached to an aromatic ring is 1. The molecular formula is C14H23N3O2S. The van der Waals surface area contributed by atoms with E-state index in [4.69, 9.17) is 5.84 Å². The summed E-state index contributed by atoms with van der Waals surface area (Å²) in [7, 11) is 0. The molecule has 0 radical (unpaired) electrons. The summed E-state index contributed by atoms with van der Waals surface area (Å²) in [5, 5.41) is 9.17. The first-order chi connectivity index (χ1) is 9.65. The predicted molar refractivity (Wildman–Crippen MR) is 80.5 cm³/mol. The minimum absolute atomic E-state index is 0.227. The summed E-state index contributed by atoms with van der Waals surface area (Å²) < 4.78 is 0. The van der Waals surface area contributed by atoms with Gasteiger partial charge in [-0.25, -0.2) is 5.84 Å². The lowest BCUT2D eigenvalue weighted by Crippen LogP contribution is -2.39. The number of likely N-dealkylation sites (tertiary alicyclic amines) is 1. The Morgan fingerprint density at radius 1 is 1.60 bits per heavy atom. The highest BCUT2D eigenvalue weighted by Gasteiger charge is 2.23. The van der Waals surface area contributed by atoms with Crippen LogP contribution < -0.4 is 11.3 Å². The van der Waals surface area contributed by atoms with Gasteiger partial charge in [0.25, 0.3) is 5.91 Å². The number of rotatable bonds is 5. The van der Waals surface area contributed by atoms with Crippen LogP contribution in [0.4, 0.5) is 0 Å². The van der Waals surface area contributed by atoms with Gasteiger partial charge in [-0.2, -0.15) is 0 Å². The Morgan fingerprint density at radius 2 is 2.40 bits per heavy atom. The molecular weight excluding hydrogens is 274 g/mol. The molecule has 112 valence electrons. The minimum atomic E-state index is -0.227. The lowest BCUT2D eigenvalue weighted by molar-refractivity contribution is 0.0957. The van der Waals surface area contributed by atoms with Crippen LogP contribution in [0, 0.1) is 6.92 Å². The van der Waals surface area contributed by atoms with E-state index in [-0.39, 0.29) is 12.5 Å². The van der Waals surface area contributed by atoms with Crippen molar-refractivity contribution in [2.75, 3.05) is 13.2 Å². The molecule has 4 N–H and O–H groups in total. The highest BCUT2D eigenvalue weighted by atomic mass is 32.1. The molecule has 0 aliphatic carbocycles. The number of carbonyl (C=O) groups is 1. The lowest BCUT2D eigenvalue weighted by atomic mass is 9.99. The second-order valence-electron chi connectivity index (χ2n) is 5.30. The third-order valence-electron chi connectivity index (χ3n) is 3.96. The number of nitrogens with two attached hydrogens (primary N) is 1. The Balaban J connectivity index is 2.07. The Labute approximate surface area is 123 Å². The number of amides is 1. The second-order valence-corrected chi connectivity index (χ2v) is 6.55. The molecule has 20 heavy (non-hydrogen) atoms. The van der Waals surface area contributed by atoms with Gasteiger partial charge in [-0.05, 0) is 44.4 Å². The summed E-state index contributed by atoms with van der Waals surface area (Å²) in [6, 6.07) is 2.40. The van der Waals surface area contributed by atoms with E-state index in [9.17, 15) is 9.90 Å². The van der Waals surface area contributed by atoms with Crippen molar-refractivity contribution >= 4 is 17.2 Å². The third kappa shape index (κ3) is 3.58. The zero-order valence-corrected chi connectivity index (χ0v) is 12.7. The monoisotopic (exact) mass is 297 g/mol. The maximum Gasteiger partial charge on any atom is 0.275 e. The normalized spacial score (nSPS) is 20.1. The van der Waals surface area contributed by atoms with E-state index in [1.54, 1.807) is 0 Å². The number of aryl methyl sites for hydroxylation is 1. The van der Waals surface area contributed by atoms with Crippen molar-refractivity contribution < 1.29 is 9.90 Å². The molecule has 1 amide bonds. The van der Waals surface area contributed by atoms with Crippen molar-refractivity contribution in [3.05, 3.63) is 21.4 Å². The van der Waals surface area contributed by atoms with Gasteiger partial charge in [0.1, 0.15) is 0 Å². The fraction of sp³-hybridized carbons (Fsp3) is 0.643. The van der Waals surface area contributed by atoms with Gasteiger partial charge in [0.05, 0.1) is 4.88 Å². The summed E-state index contributed by atoms with van der Waals surface area (Å²) in [5.74, 6) is 4.95. The lowest BCUT2D eigenvalue weighted by Gasteiger charge is -2.35. The summed E-state index contributed by atoms with van der Waals surface area (Å²) in [4.78, 5) is 15.8. The van der Waals surface area contributed by atoms with Crippen LogP contribution in [0.3, 0.4) is 0 Å². The number of carbonyl (C=O) groups excluding carboxylic acids is 1. The zero-order valence-electron chi connectivity index (χ0n) is 11.9. The first-order valence-electron chi connectivity index (χ1n) is 7.11. The number of hydrogen-bond acceptors (Lipinski definition) is 5. The average Bonchev–Trinajstić information content (AvgIpc) is 2.82. The van der Waals surface area contributed by atoms with E-state index in [1.807, 2.05) is 13.0 Å². The zero-order chi connectivity index (χ0) is 14.5. The standard InChI is InChI=1S/C14H23N3O2S/c1-10-11(8-13(20-10)14(19)16-15)9-17-6-3-2-4-12(17)5-7-18/h8,12,18H,2-7,9,15H2,1H3,(H,16,19). The first kappa shape index (κ1) is 15.4. The van der Waals surface area contributed by atoms with E-state index in [1.165, 1.54) is 29.7 Å². The number of aliphatic hydroxyl groups excluding tert-OH is 1. The topological polar surface area (TPSA) is 78.6 Å². The van der Waals surface area contributed by atoms with E-state index < -0.39 is 0 Å². The number of hydrazine groups is 1. The molecule has 5 nitrogen and oxygen atoms in total. The van der Waals surface area contributed by atoms with Gasteiger partial charge < -0.3 is 5.11 Å². The van der Waals surface area contributed by atoms with Crippen LogP contribution in [0.15, 0.2) is 6.07 Å². The number of piperidine rings is 1. The van der Waals surface area contributed by atoms with Gasteiger partial charge >= 0.3 is 0 Å². The maximum absolute atomic E-state index is 11.6. The van der Waals surface area contributed by atoms with Crippen LogP contribution >= 0.6 is 11.3 Å². The molecule has 1 fully saturated rings. The highest BCUT2D eigenvalue weighted by Crippen LogP contribution is 2.27. The molecule has 0 aromatic carbocycles. The molecule has 1 aliphatic heterocycles. The summed E-state index contributed by atoms with van der Waals surface area (Å²) in [6.07, 6.45) is 4.44. The van der Waals surface area contributed by atoms with Crippen molar-refractivity contribution in [3.63, 3.8) is 0 Å². The fourth-order valence-corrected chi connectivity index (χ4v) is 3.76. The Bertz CT molecular complexity index is 459. The van der Waals surface area contributed by atoms with E-state index in [0.29, 0.717) is 10.9 Å². The van der Waals surface area contributed by atoms with E-state index >= 15 is 0 Å². The highest BCUT2D eigenvalue weighted by molar-refractivity contribution is 7.14. The first-order valence-corrected chi connectivity index (χ1v) is 7.92. The Kier molecular flexibility index (Phi) is 5.54. The Hall–Kier alpha value is -0.950. The molecule has 0 spiro atoms. The molecule has 1 unspecified atom stereocenters. The van der Waals surface area contributed by atoms with Crippen LogP contribution in [0.5, 0.6) is 0 Å². The van der Waals surface area contributed by atoms with Crippen molar-refractivity contribution in [1.82, 2.24) is 10.3 Å². The molecule has 1 atom stereocenters. The number of hydrogen-bond donors (Lipinski definition) is 3. The second kappa shape index (κ2) is 7.17. The van der Waals surface area contributed by atoms with Crippen LogP contribution in [-0.2, 0) is 6.54 Å². The van der Waals surface area contributed by atoms with Gasteiger partial charge in [-0.1, -0.05) is 6.42 Å². The van der Waals surface area contributed by atoms with Crippen molar-refractivity contribution in [2.24, 2.45) is 5.84 Å². The van der Waals surface area contributed by atoms with Crippen LogP contribution in [0.25, 0.3) is 0 Å². The van der Waals surface area contributed by atoms with Gasteiger partial charge in [0.15, 0.2) is 0 Å². The van der Waals surface area contributed by atoms with Crippen LogP contribution in [0.2, 0.25) is 0 Å². The molecule has 0 saturated carbocycles. The summed E-state index contributed by atoms with van der Waals surface area (Å²) in [6.45, 7) is 4.20. The summed E-state index contributed by atoms with van der Waals surface area (Å²) >= 11 is 1.48. The van der Waals surface area contributed by atoms with E-state index in [0.717, 1.165) is 30.8 Å². The molecule has 2 rings (SSSR count). The SMILES string of the molecule is Cc1sc(C(=O)NN)cc1CN1CCCCC1CCO. The average molecular weight is 297 g/mol. The number of thiophene rings is 1. The molecule has 0 bridgehead atoms. The number of nitrogens with one attached hydrogen (secondary N) is 1. The van der Waals surface area contributed by atoms with Gasteiger partial charge in [0.2, 0.25) is 0 Å². The van der Waals surface area contributed by atoms with Crippen molar-refractivity contribution in [2.45, 2.75) is 45.2 Å². The molecule has 1 aliphatic rings. The van der Waals surface area contributed by atoms with Gasteiger partial charge in [0, 0.05) is 24.1 Å². The molecule has 1 aromatic heterocycles. The summed E-state index contributed by atoms with van der Waals surface area (Å²) in [5.41, 5.74) is 3.37. The van der Waals surface area contributed by atoms with Crippen molar-refractivity contribution in [3.8, 4) is 0 Å². The third-order valence-corrected chi connectivity index (χ3v) is 5.05. The Morgan fingerprint density at radius 3 is 3.10 bits per heavy atom. The molecule has 1 saturated heterocycles. The smallest absolute Gasteiger partial charge is 0.275 e. The fourth-order valence-electron chi connectivity index (χ4n) is 2.82. The van der Waals surface area contributed by atoms with Gasteiger partial charge in [-0.3, -0.25) is 15.1 Å². The quantitative estimate of drug-likeness (QED) is 0.436. The molecule has 6 heteroatoms. The number of nitrogens with zero attached hydrogens (tertiary/aromatic N) is 1.